The number of ether oxygens (including phenoxy) is 1. The van der Waals surface area contributed by atoms with E-state index in [4.69, 9.17) is 4.74 Å². The highest BCUT2D eigenvalue weighted by Crippen LogP contribution is 2.13. The summed E-state index contributed by atoms with van der Waals surface area (Å²) in [6, 6.07) is 14.7. The van der Waals surface area contributed by atoms with Crippen LogP contribution in [0, 0.1) is 3.57 Å². The molecule has 0 aromatic heterocycles. The Morgan fingerprint density at radius 2 is 1.77 bits per heavy atom. The summed E-state index contributed by atoms with van der Waals surface area (Å²) in [5.41, 5.74) is 1.14. The number of hydrogen-bond donors (Lipinski definition) is 2. The van der Waals surface area contributed by atoms with Gasteiger partial charge in [-0.2, -0.15) is 0 Å². The monoisotopic (exact) mass is 411 g/mol. The summed E-state index contributed by atoms with van der Waals surface area (Å²) in [5.74, 6) is 0.841. The SMILES string of the molecule is O=C(COc1ccc(I)cc1)NCCCc1ccc(O)cc1. The van der Waals surface area contributed by atoms with Gasteiger partial charge in [0.2, 0.25) is 0 Å². The molecule has 0 spiro atoms. The van der Waals surface area contributed by atoms with Crippen molar-refractivity contribution in [3.63, 3.8) is 0 Å². The van der Waals surface area contributed by atoms with Crippen molar-refractivity contribution >= 4 is 28.5 Å². The summed E-state index contributed by atoms with van der Waals surface area (Å²) in [6.07, 6.45) is 1.71. The van der Waals surface area contributed by atoms with Crippen molar-refractivity contribution in [1.82, 2.24) is 5.32 Å². The third-order valence-corrected chi connectivity index (χ3v) is 3.80. The zero-order valence-electron chi connectivity index (χ0n) is 12.1. The molecule has 0 aliphatic carbocycles. The van der Waals surface area contributed by atoms with Crippen molar-refractivity contribution in [3.05, 3.63) is 57.7 Å². The van der Waals surface area contributed by atoms with Gasteiger partial charge in [-0.15, -0.1) is 0 Å². The van der Waals surface area contributed by atoms with Gasteiger partial charge in [0.15, 0.2) is 6.61 Å². The standard InChI is InChI=1S/C17H18INO3/c18-14-5-9-16(10-6-14)22-12-17(21)19-11-1-2-13-3-7-15(20)8-4-13/h3-10,20H,1-2,11-12H2,(H,19,21). The molecule has 1 amide bonds. The first kappa shape index (κ1) is 16.6. The molecule has 0 unspecified atom stereocenters. The van der Waals surface area contributed by atoms with Gasteiger partial charge in [-0.25, -0.2) is 0 Å². The lowest BCUT2D eigenvalue weighted by Crippen LogP contribution is -2.29. The van der Waals surface area contributed by atoms with Crippen molar-refractivity contribution in [2.45, 2.75) is 12.8 Å². The van der Waals surface area contributed by atoms with Crippen LogP contribution in [0.5, 0.6) is 11.5 Å². The zero-order chi connectivity index (χ0) is 15.8. The third-order valence-electron chi connectivity index (χ3n) is 3.08. The summed E-state index contributed by atoms with van der Waals surface area (Å²) in [5, 5.41) is 12.0. The number of phenols is 1. The van der Waals surface area contributed by atoms with E-state index in [1.165, 1.54) is 0 Å². The maximum Gasteiger partial charge on any atom is 0.257 e. The van der Waals surface area contributed by atoms with Gasteiger partial charge in [0.05, 0.1) is 0 Å². The van der Waals surface area contributed by atoms with Crippen molar-refractivity contribution in [2.24, 2.45) is 0 Å². The number of carbonyl (C=O) groups is 1. The van der Waals surface area contributed by atoms with Crippen LogP contribution in [0.15, 0.2) is 48.5 Å². The number of nitrogens with one attached hydrogen (secondary N) is 1. The molecule has 2 N–H and O–H groups in total. The average Bonchev–Trinajstić information content (AvgIpc) is 2.53. The Labute approximate surface area is 143 Å². The first-order valence-corrected chi connectivity index (χ1v) is 8.14. The Hall–Kier alpha value is -1.76. The van der Waals surface area contributed by atoms with E-state index in [9.17, 15) is 9.90 Å². The van der Waals surface area contributed by atoms with Gasteiger partial charge in [-0.1, -0.05) is 12.1 Å². The second kappa shape index (κ2) is 8.63. The molecule has 0 radical (unpaired) electrons. The minimum absolute atomic E-state index is 0.0276. The predicted octanol–water partition coefficient (Wildman–Crippen LogP) is 3.12. The molecule has 0 heterocycles. The molecule has 2 aromatic carbocycles. The Bertz CT molecular complexity index is 596. The molecule has 0 saturated carbocycles. The van der Waals surface area contributed by atoms with Crippen LogP contribution in [0.4, 0.5) is 0 Å². The average molecular weight is 411 g/mol. The Morgan fingerprint density at radius 1 is 1.09 bits per heavy atom. The molecule has 4 nitrogen and oxygen atoms in total. The second-order valence-electron chi connectivity index (χ2n) is 4.86. The minimum atomic E-state index is -0.121. The van der Waals surface area contributed by atoms with Gasteiger partial charge in [-0.05, 0) is 77.4 Å². The van der Waals surface area contributed by atoms with Gasteiger partial charge in [0.1, 0.15) is 11.5 Å². The van der Waals surface area contributed by atoms with Crippen LogP contribution in [-0.4, -0.2) is 24.2 Å². The lowest BCUT2D eigenvalue weighted by Gasteiger charge is -2.07. The smallest absolute Gasteiger partial charge is 0.257 e. The van der Waals surface area contributed by atoms with Crippen molar-refractivity contribution in [3.8, 4) is 11.5 Å². The van der Waals surface area contributed by atoms with Crippen molar-refractivity contribution < 1.29 is 14.6 Å². The van der Waals surface area contributed by atoms with Gasteiger partial charge in [0.25, 0.3) is 5.91 Å². The fourth-order valence-corrected chi connectivity index (χ4v) is 2.27. The lowest BCUT2D eigenvalue weighted by molar-refractivity contribution is -0.123. The number of aryl methyl sites for hydroxylation is 1. The summed E-state index contributed by atoms with van der Waals surface area (Å²) < 4.78 is 6.54. The van der Waals surface area contributed by atoms with Crippen molar-refractivity contribution in [1.29, 1.82) is 0 Å². The predicted molar refractivity (Wildman–Crippen MR) is 94.1 cm³/mol. The normalized spacial score (nSPS) is 10.2. The number of benzene rings is 2. The van der Waals surface area contributed by atoms with Crippen LogP contribution in [0.2, 0.25) is 0 Å². The van der Waals surface area contributed by atoms with Gasteiger partial charge < -0.3 is 15.2 Å². The quantitative estimate of drug-likeness (QED) is 0.544. The molecule has 0 aliphatic rings. The van der Waals surface area contributed by atoms with E-state index < -0.39 is 0 Å². The largest absolute Gasteiger partial charge is 0.508 e. The molecule has 0 atom stereocenters. The van der Waals surface area contributed by atoms with E-state index in [1.54, 1.807) is 12.1 Å². The van der Waals surface area contributed by atoms with Crippen LogP contribution in [0.25, 0.3) is 0 Å². The van der Waals surface area contributed by atoms with Crippen LogP contribution in [0.1, 0.15) is 12.0 Å². The maximum atomic E-state index is 11.7. The summed E-state index contributed by atoms with van der Waals surface area (Å²) in [7, 11) is 0. The van der Waals surface area contributed by atoms with E-state index in [2.05, 4.69) is 27.9 Å². The van der Waals surface area contributed by atoms with E-state index in [0.717, 1.165) is 22.0 Å². The first-order chi connectivity index (χ1) is 10.6. The summed E-state index contributed by atoms with van der Waals surface area (Å²) in [4.78, 5) is 11.7. The van der Waals surface area contributed by atoms with Crippen LogP contribution in [0.3, 0.4) is 0 Å². The van der Waals surface area contributed by atoms with Gasteiger partial charge in [-0.3, -0.25) is 4.79 Å². The number of carbonyl (C=O) groups excluding carboxylic acids is 1. The van der Waals surface area contributed by atoms with Crippen molar-refractivity contribution in [2.75, 3.05) is 13.2 Å². The van der Waals surface area contributed by atoms with E-state index >= 15 is 0 Å². The second-order valence-corrected chi connectivity index (χ2v) is 6.11. The molecule has 116 valence electrons. The topological polar surface area (TPSA) is 58.6 Å². The molecule has 2 rings (SSSR count). The molecular formula is C17H18INO3. The Kier molecular flexibility index (Phi) is 6.51. The number of aromatic hydroxyl groups is 1. The number of rotatable bonds is 7. The zero-order valence-corrected chi connectivity index (χ0v) is 14.2. The highest BCUT2D eigenvalue weighted by Gasteiger charge is 2.02. The highest BCUT2D eigenvalue weighted by atomic mass is 127. The minimum Gasteiger partial charge on any atom is -0.508 e. The molecule has 0 bridgehead atoms. The molecule has 0 fully saturated rings. The Balaban J connectivity index is 1.61. The summed E-state index contributed by atoms with van der Waals surface area (Å²) in [6.45, 7) is 0.634. The molecule has 5 heteroatoms. The van der Waals surface area contributed by atoms with Gasteiger partial charge >= 0.3 is 0 Å². The number of amides is 1. The molecular weight excluding hydrogens is 393 g/mol. The molecule has 2 aromatic rings. The number of halogens is 1. The summed E-state index contributed by atoms with van der Waals surface area (Å²) >= 11 is 2.22. The van der Waals surface area contributed by atoms with Crippen LogP contribution in [-0.2, 0) is 11.2 Å². The number of hydrogen-bond acceptors (Lipinski definition) is 3. The fraction of sp³-hybridized carbons (Fsp3) is 0.235. The third kappa shape index (κ3) is 5.93. The maximum absolute atomic E-state index is 11.7. The highest BCUT2D eigenvalue weighted by molar-refractivity contribution is 14.1. The Morgan fingerprint density at radius 3 is 2.45 bits per heavy atom. The molecule has 22 heavy (non-hydrogen) atoms. The van der Waals surface area contributed by atoms with Crippen LogP contribution < -0.4 is 10.1 Å². The fourth-order valence-electron chi connectivity index (χ4n) is 1.91. The van der Waals surface area contributed by atoms with E-state index in [1.807, 2.05) is 36.4 Å². The number of phenolic OH excluding ortho intramolecular Hbond substituents is 1. The van der Waals surface area contributed by atoms with Gasteiger partial charge in [0, 0.05) is 10.1 Å². The van der Waals surface area contributed by atoms with E-state index in [-0.39, 0.29) is 18.3 Å². The molecule has 0 aliphatic heterocycles. The van der Waals surface area contributed by atoms with Crippen LogP contribution >= 0.6 is 22.6 Å². The molecule has 0 saturated heterocycles. The first-order valence-electron chi connectivity index (χ1n) is 7.06. The van der Waals surface area contributed by atoms with E-state index in [0.29, 0.717) is 12.3 Å². The lowest BCUT2D eigenvalue weighted by atomic mass is 10.1.